The van der Waals surface area contributed by atoms with Crippen molar-refractivity contribution in [1.82, 2.24) is 9.80 Å². The molecule has 3 aromatic carbocycles. The van der Waals surface area contributed by atoms with Gasteiger partial charge >= 0.3 is 12.1 Å². The van der Waals surface area contributed by atoms with Gasteiger partial charge in [-0.05, 0) is 74.7 Å². The first-order valence-electron chi connectivity index (χ1n) is 11.8. The van der Waals surface area contributed by atoms with Crippen molar-refractivity contribution < 1.29 is 32.6 Å². The predicted octanol–water partition coefficient (Wildman–Crippen LogP) is 5.89. The third kappa shape index (κ3) is 10.6. The van der Waals surface area contributed by atoms with Gasteiger partial charge in [-0.3, -0.25) is 4.79 Å². The fourth-order valence-corrected chi connectivity index (χ4v) is 3.59. The van der Waals surface area contributed by atoms with Gasteiger partial charge < -0.3 is 25.0 Å². The third-order valence-electron chi connectivity index (χ3n) is 5.46. The Morgan fingerprint density at radius 2 is 1.56 bits per heavy atom. The van der Waals surface area contributed by atoms with E-state index in [2.05, 4.69) is 48.4 Å². The van der Waals surface area contributed by atoms with Crippen LogP contribution in [0.15, 0.2) is 66.7 Å². The number of aliphatic carboxylic acids is 1. The number of carbonyl (C=O) groups is 2. The van der Waals surface area contributed by atoms with Gasteiger partial charge in [0.2, 0.25) is 0 Å². The number of nitrogens with zero attached hydrogens (tertiary/aromatic N) is 2. The number of anilines is 1. The highest BCUT2D eigenvalue weighted by atomic mass is 35.5. The van der Waals surface area contributed by atoms with Crippen molar-refractivity contribution in [2.45, 2.75) is 12.7 Å². The molecule has 0 aliphatic carbocycles. The maximum Gasteiger partial charge on any atom is 0.490 e. The lowest BCUT2D eigenvalue weighted by Gasteiger charge is -2.21. The van der Waals surface area contributed by atoms with Crippen LogP contribution in [0, 0.1) is 0 Å². The van der Waals surface area contributed by atoms with Crippen molar-refractivity contribution in [1.29, 1.82) is 0 Å². The van der Waals surface area contributed by atoms with E-state index in [1.54, 1.807) is 31.4 Å². The van der Waals surface area contributed by atoms with Gasteiger partial charge in [-0.25, -0.2) is 4.79 Å². The molecule has 3 aromatic rings. The Balaban J connectivity index is 0.000000673. The first kappa shape index (κ1) is 31.6. The molecule has 0 aromatic heterocycles. The van der Waals surface area contributed by atoms with E-state index in [-0.39, 0.29) is 5.91 Å². The third-order valence-corrected chi connectivity index (χ3v) is 5.69. The number of hydrogen-bond acceptors (Lipinski definition) is 5. The molecule has 2 N–H and O–H groups in total. The van der Waals surface area contributed by atoms with Gasteiger partial charge in [0.05, 0.1) is 7.11 Å². The van der Waals surface area contributed by atoms with E-state index >= 15 is 0 Å². The number of carbonyl (C=O) groups excluding carboxylic acids is 1. The Kier molecular flexibility index (Phi) is 11.8. The smallest absolute Gasteiger partial charge is 0.490 e. The lowest BCUT2D eigenvalue weighted by Crippen LogP contribution is -2.28. The Morgan fingerprint density at radius 3 is 2.10 bits per heavy atom. The van der Waals surface area contributed by atoms with Crippen LogP contribution in [0.4, 0.5) is 18.9 Å². The number of alkyl halides is 3. The fraction of sp³-hybridized carbons (Fsp3) is 0.286. The monoisotopic (exact) mass is 565 g/mol. The van der Waals surface area contributed by atoms with Gasteiger partial charge in [0.15, 0.2) is 0 Å². The van der Waals surface area contributed by atoms with E-state index in [9.17, 15) is 18.0 Å². The number of carboxylic acid groups (broad SMARTS) is 1. The van der Waals surface area contributed by atoms with Gasteiger partial charge in [-0.15, -0.1) is 0 Å². The lowest BCUT2D eigenvalue weighted by molar-refractivity contribution is -0.192. The minimum Gasteiger partial charge on any atom is -0.496 e. The maximum atomic E-state index is 12.4. The number of carboxylic acids is 1. The Hall–Kier alpha value is -3.60. The summed E-state index contributed by atoms with van der Waals surface area (Å²) in [6.45, 7) is 2.78. The van der Waals surface area contributed by atoms with Crippen LogP contribution in [0.3, 0.4) is 0 Å². The standard InChI is InChI=1S/C26H30ClN3O2.C2HF3O2/c1-29(2)14-15-30(3)18-22-16-20(10-13-25(22)32-4)19-8-11-24(12-9-19)28-26(31)21-6-5-7-23(27)17-21;3-2(4,5)1(6)7/h5-13,16-17H,14-15,18H2,1-4H3,(H,28,31);(H,6,7). The largest absolute Gasteiger partial charge is 0.496 e. The van der Waals surface area contributed by atoms with E-state index in [1.165, 1.54) is 0 Å². The van der Waals surface area contributed by atoms with E-state index in [1.807, 2.05) is 30.3 Å². The number of benzene rings is 3. The van der Waals surface area contributed by atoms with E-state index in [0.29, 0.717) is 10.6 Å². The molecule has 11 heteroatoms. The number of halogens is 4. The van der Waals surface area contributed by atoms with Gasteiger partial charge in [-0.2, -0.15) is 13.2 Å². The molecule has 1 amide bonds. The highest BCUT2D eigenvalue weighted by molar-refractivity contribution is 6.31. The van der Waals surface area contributed by atoms with Crippen LogP contribution < -0.4 is 10.1 Å². The first-order valence-corrected chi connectivity index (χ1v) is 12.2. The average Bonchev–Trinajstić information content (AvgIpc) is 2.87. The molecular weight excluding hydrogens is 535 g/mol. The van der Waals surface area contributed by atoms with Crippen molar-refractivity contribution in [2.24, 2.45) is 0 Å². The molecule has 0 saturated carbocycles. The molecule has 0 spiro atoms. The van der Waals surface area contributed by atoms with Gasteiger partial charge in [-0.1, -0.05) is 35.9 Å². The molecule has 0 heterocycles. The molecule has 39 heavy (non-hydrogen) atoms. The van der Waals surface area contributed by atoms with Crippen LogP contribution in [0.5, 0.6) is 5.75 Å². The minimum absolute atomic E-state index is 0.187. The minimum atomic E-state index is -5.08. The summed E-state index contributed by atoms with van der Waals surface area (Å²) in [5.74, 6) is -2.06. The molecule has 0 aliphatic rings. The van der Waals surface area contributed by atoms with E-state index < -0.39 is 12.1 Å². The SMILES string of the molecule is COc1ccc(-c2ccc(NC(=O)c3cccc(Cl)c3)cc2)cc1CN(C)CCN(C)C.O=C(O)C(F)(F)F. The number of ether oxygens (including phenoxy) is 1. The van der Waals surface area contributed by atoms with Crippen LogP contribution in [0.1, 0.15) is 15.9 Å². The van der Waals surface area contributed by atoms with Gasteiger partial charge in [0.25, 0.3) is 5.91 Å². The maximum absolute atomic E-state index is 12.4. The van der Waals surface area contributed by atoms with Crippen LogP contribution in [0.2, 0.25) is 5.02 Å². The van der Waals surface area contributed by atoms with Crippen molar-refractivity contribution in [3.63, 3.8) is 0 Å². The Bertz CT molecular complexity index is 1250. The molecular formula is C28H31ClF3N3O4. The number of nitrogens with one attached hydrogen (secondary N) is 1. The number of rotatable bonds is 9. The van der Waals surface area contributed by atoms with E-state index in [0.717, 1.165) is 47.8 Å². The average molecular weight is 566 g/mol. The molecule has 0 fully saturated rings. The van der Waals surface area contributed by atoms with Crippen molar-refractivity contribution in [2.75, 3.05) is 46.7 Å². The predicted molar refractivity (Wildman–Crippen MR) is 146 cm³/mol. The van der Waals surface area contributed by atoms with Gasteiger partial charge in [0, 0.05) is 41.5 Å². The van der Waals surface area contributed by atoms with Crippen LogP contribution >= 0.6 is 11.6 Å². The molecule has 7 nitrogen and oxygen atoms in total. The second-order valence-corrected chi connectivity index (χ2v) is 9.35. The normalized spacial score (nSPS) is 11.1. The van der Waals surface area contributed by atoms with E-state index in [4.69, 9.17) is 26.2 Å². The highest BCUT2D eigenvalue weighted by Gasteiger charge is 2.38. The molecule has 3 rings (SSSR count). The quantitative estimate of drug-likeness (QED) is 0.336. The molecule has 210 valence electrons. The zero-order chi connectivity index (χ0) is 29.2. The number of hydrogen-bond donors (Lipinski definition) is 2. The second-order valence-electron chi connectivity index (χ2n) is 8.91. The van der Waals surface area contributed by atoms with Gasteiger partial charge in [0.1, 0.15) is 5.75 Å². The molecule has 0 radical (unpaired) electrons. The number of methoxy groups -OCH3 is 1. The zero-order valence-electron chi connectivity index (χ0n) is 22.1. The second kappa shape index (κ2) is 14.5. The highest BCUT2D eigenvalue weighted by Crippen LogP contribution is 2.28. The molecule has 0 aliphatic heterocycles. The Morgan fingerprint density at radius 1 is 0.949 bits per heavy atom. The Labute approximate surface area is 230 Å². The molecule has 0 unspecified atom stereocenters. The summed E-state index contributed by atoms with van der Waals surface area (Å²) in [4.78, 5) is 25.8. The summed E-state index contributed by atoms with van der Waals surface area (Å²) in [6.07, 6.45) is -5.08. The zero-order valence-corrected chi connectivity index (χ0v) is 22.8. The first-order chi connectivity index (χ1) is 18.3. The molecule has 0 bridgehead atoms. The van der Waals surface area contributed by atoms with Crippen LogP contribution in [0.25, 0.3) is 11.1 Å². The van der Waals surface area contributed by atoms with Crippen molar-refractivity contribution in [3.05, 3.63) is 82.9 Å². The molecule has 0 saturated heterocycles. The van der Waals surface area contributed by atoms with Crippen molar-refractivity contribution >= 4 is 29.2 Å². The lowest BCUT2D eigenvalue weighted by atomic mass is 10.0. The summed E-state index contributed by atoms with van der Waals surface area (Å²) in [7, 11) is 7.98. The number of amides is 1. The summed E-state index contributed by atoms with van der Waals surface area (Å²) >= 11 is 5.98. The molecule has 0 atom stereocenters. The van der Waals surface area contributed by atoms with Crippen molar-refractivity contribution in [3.8, 4) is 16.9 Å². The van der Waals surface area contributed by atoms with Crippen LogP contribution in [-0.4, -0.2) is 74.3 Å². The van der Waals surface area contributed by atoms with Crippen LogP contribution in [-0.2, 0) is 11.3 Å². The summed E-state index contributed by atoms with van der Waals surface area (Å²) in [5.41, 5.74) is 4.58. The summed E-state index contributed by atoms with van der Waals surface area (Å²) in [5, 5.41) is 10.6. The number of likely N-dealkylation sites (N-methyl/N-ethyl adjacent to an activating group) is 2. The summed E-state index contributed by atoms with van der Waals surface area (Å²) < 4.78 is 37.3. The fourth-order valence-electron chi connectivity index (χ4n) is 3.40. The summed E-state index contributed by atoms with van der Waals surface area (Å²) in [6, 6.07) is 21.0. The topological polar surface area (TPSA) is 82.1 Å².